The fraction of sp³-hybridized carbons (Fsp3) is 1.00. The van der Waals surface area contributed by atoms with Crippen LogP contribution < -0.4 is 0 Å². The van der Waals surface area contributed by atoms with E-state index in [1.165, 1.54) is 0 Å². The highest BCUT2D eigenvalue weighted by atomic mass is 79.9. The SMILES string of the molecule is CCCC(Br)(Br)C(Br)(Br)C(O)(Br)Br. The molecule has 0 aromatic heterocycles. The number of hydrogen-bond donors (Lipinski definition) is 1. The average Bonchev–Trinajstić information content (AvgIpc) is 1.84. The van der Waals surface area contributed by atoms with Crippen molar-refractivity contribution in [3.05, 3.63) is 0 Å². The topological polar surface area (TPSA) is 20.2 Å². The summed E-state index contributed by atoms with van der Waals surface area (Å²) < 4.78 is -2.48. The minimum Gasteiger partial charge on any atom is -0.368 e. The van der Waals surface area contributed by atoms with Crippen LogP contribution in [0.15, 0.2) is 0 Å². The molecule has 0 fully saturated rings. The van der Waals surface area contributed by atoms with Gasteiger partial charge in [-0.1, -0.05) is 77.1 Å². The molecular weight excluding hydrogens is 567 g/mol. The normalized spacial score (nSPS) is 14.8. The van der Waals surface area contributed by atoms with Gasteiger partial charge in [0.15, 0.2) is 3.23 Å². The molecule has 0 aliphatic rings. The van der Waals surface area contributed by atoms with E-state index in [9.17, 15) is 5.11 Å². The van der Waals surface area contributed by atoms with Gasteiger partial charge in [-0.25, -0.2) is 0 Å². The Morgan fingerprint density at radius 3 is 1.62 bits per heavy atom. The standard InChI is InChI=1S/C6H8Br6O/c1-2-3-4(7,8)5(9,10)6(11,12)13/h13H,2-3H2,1H3. The first-order valence-corrected chi connectivity index (χ1v) is 8.18. The van der Waals surface area contributed by atoms with E-state index in [1.807, 2.05) is 0 Å². The third-order valence-electron chi connectivity index (χ3n) is 1.40. The summed E-state index contributed by atoms with van der Waals surface area (Å²) in [5.74, 6) is 0. The van der Waals surface area contributed by atoms with E-state index in [1.54, 1.807) is 0 Å². The first kappa shape index (κ1) is 15.8. The molecule has 0 aliphatic carbocycles. The lowest BCUT2D eigenvalue weighted by molar-refractivity contribution is 0.229. The molecule has 0 amide bonds. The van der Waals surface area contributed by atoms with Crippen LogP contribution in [0.3, 0.4) is 0 Å². The van der Waals surface area contributed by atoms with Crippen molar-refractivity contribution < 1.29 is 5.11 Å². The van der Waals surface area contributed by atoms with Crippen LogP contribution in [-0.4, -0.2) is 15.0 Å². The van der Waals surface area contributed by atoms with Gasteiger partial charge in [-0.3, -0.25) is 0 Å². The monoisotopic (exact) mass is 570 g/mol. The summed E-state index contributed by atoms with van der Waals surface area (Å²) >= 11 is 20.1. The second-order valence-electron chi connectivity index (χ2n) is 2.57. The van der Waals surface area contributed by atoms with Gasteiger partial charge in [-0.2, -0.15) is 0 Å². The van der Waals surface area contributed by atoms with Gasteiger partial charge >= 0.3 is 0 Å². The molecule has 0 saturated carbocycles. The molecule has 0 bridgehead atoms. The number of alkyl halides is 6. The van der Waals surface area contributed by atoms with E-state index in [0.29, 0.717) is 0 Å². The fourth-order valence-corrected chi connectivity index (χ4v) is 4.20. The van der Waals surface area contributed by atoms with Crippen LogP contribution in [0, 0.1) is 0 Å². The third-order valence-corrected chi connectivity index (χ3v) is 11.3. The van der Waals surface area contributed by atoms with Gasteiger partial charge < -0.3 is 5.11 Å². The second-order valence-corrected chi connectivity index (χ2v) is 13.1. The van der Waals surface area contributed by atoms with Crippen molar-refractivity contribution in [2.75, 3.05) is 0 Å². The van der Waals surface area contributed by atoms with Crippen molar-refractivity contribution in [2.45, 2.75) is 29.7 Å². The van der Waals surface area contributed by atoms with Crippen molar-refractivity contribution >= 4 is 95.6 Å². The molecule has 0 saturated heterocycles. The van der Waals surface area contributed by atoms with Gasteiger partial charge in [-0.15, -0.1) is 0 Å². The molecule has 0 heterocycles. The van der Waals surface area contributed by atoms with Gasteiger partial charge in [0.2, 0.25) is 3.42 Å². The minimum absolute atomic E-state index is 0.455. The number of rotatable bonds is 4. The molecule has 0 aliphatic heterocycles. The maximum absolute atomic E-state index is 9.79. The lowest BCUT2D eigenvalue weighted by atomic mass is 10.2. The van der Waals surface area contributed by atoms with Gasteiger partial charge in [0.1, 0.15) is 3.23 Å². The molecule has 1 nitrogen and oxygen atoms in total. The second kappa shape index (κ2) is 5.45. The van der Waals surface area contributed by atoms with Gasteiger partial charge in [0.05, 0.1) is 0 Å². The summed E-state index contributed by atoms with van der Waals surface area (Å²) in [6, 6.07) is 0. The molecule has 0 radical (unpaired) electrons. The number of aliphatic hydroxyl groups is 1. The van der Waals surface area contributed by atoms with E-state index in [-0.39, 0.29) is 0 Å². The molecular formula is C6H8Br6O. The number of hydrogen-bond acceptors (Lipinski definition) is 1. The largest absolute Gasteiger partial charge is 0.368 e. The molecule has 1 N–H and O–H groups in total. The lowest BCUT2D eigenvalue weighted by Gasteiger charge is -2.40. The smallest absolute Gasteiger partial charge is 0.202 e. The molecule has 80 valence electrons. The van der Waals surface area contributed by atoms with Crippen LogP contribution >= 0.6 is 95.6 Å². The van der Waals surface area contributed by atoms with Gasteiger partial charge in [0, 0.05) is 0 Å². The highest BCUT2D eigenvalue weighted by Gasteiger charge is 2.56. The highest BCUT2D eigenvalue weighted by Crippen LogP contribution is 2.60. The van der Waals surface area contributed by atoms with Crippen molar-refractivity contribution in [1.82, 2.24) is 0 Å². The Labute approximate surface area is 129 Å². The predicted molar refractivity (Wildman–Crippen MR) is 78.9 cm³/mol. The summed E-state index contributed by atoms with van der Waals surface area (Å²) in [5.41, 5.74) is 0. The highest BCUT2D eigenvalue weighted by molar-refractivity contribution is 9.32. The van der Waals surface area contributed by atoms with Gasteiger partial charge in [-0.05, 0) is 38.3 Å². The molecule has 7 heteroatoms. The van der Waals surface area contributed by atoms with Crippen molar-refractivity contribution in [3.63, 3.8) is 0 Å². The van der Waals surface area contributed by atoms with Crippen LogP contribution in [0.25, 0.3) is 0 Å². The Hall–Kier alpha value is 2.84. The lowest BCUT2D eigenvalue weighted by Crippen LogP contribution is -2.47. The zero-order valence-electron chi connectivity index (χ0n) is 6.63. The zero-order valence-corrected chi connectivity index (χ0v) is 16.1. The maximum atomic E-state index is 9.79. The number of halogens is 6. The molecule has 0 atom stereocenters. The Balaban J connectivity index is 4.81. The molecule has 0 spiro atoms. The van der Waals surface area contributed by atoms with Crippen LogP contribution in [-0.2, 0) is 0 Å². The first-order valence-electron chi connectivity index (χ1n) is 3.42. The molecule has 0 aromatic carbocycles. The Morgan fingerprint density at radius 1 is 1.00 bits per heavy atom. The Kier molecular flexibility index (Phi) is 6.64. The van der Waals surface area contributed by atoms with Crippen LogP contribution in [0.1, 0.15) is 19.8 Å². The van der Waals surface area contributed by atoms with Crippen LogP contribution in [0.5, 0.6) is 0 Å². The summed E-state index contributed by atoms with van der Waals surface area (Å²) in [6.45, 7) is 2.06. The third kappa shape index (κ3) is 3.97. The Bertz CT molecular complexity index is 172. The van der Waals surface area contributed by atoms with E-state index >= 15 is 0 Å². The van der Waals surface area contributed by atoms with Crippen LogP contribution in [0.4, 0.5) is 0 Å². The Morgan fingerprint density at radius 2 is 1.38 bits per heavy atom. The minimum atomic E-state index is -1.25. The van der Waals surface area contributed by atoms with E-state index in [2.05, 4.69) is 103 Å². The van der Waals surface area contributed by atoms with Crippen molar-refractivity contribution in [1.29, 1.82) is 0 Å². The quantitative estimate of drug-likeness (QED) is 0.458. The maximum Gasteiger partial charge on any atom is 0.202 e. The van der Waals surface area contributed by atoms with Crippen LogP contribution in [0.2, 0.25) is 0 Å². The van der Waals surface area contributed by atoms with Crippen molar-refractivity contribution in [2.24, 2.45) is 0 Å². The predicted octanol–water partition coefficient (Wildman–Crippen LogP) is 5.19. The summed E-state index contributed by atoms with van der Waals surface area (Å²) in [6.07, 6.45) is 1.81. The first-order chi connectivity index (χ1) is 5.56. The zero-order chi connectivity index (χ0) is 10.9. The summed E-state index contributed by atoms with van der Waals surface area (Å²) in [5, 5.41) is 9.79. The molecule has 13 heavy (non-hydrogen) atoms. The van der Waals surface area contributed by atoms with E-state index in [0.717, 1.165) is 12.8 Å². The van der Waals surface area contributed by atoms with Gasteiger partial charge in [0.25, 0.3) is 0 Å². The fourth-order valence-electron chi connectivity index (χ4n) is 0.691. The molecule has 0 rings (SSSR count). The summed E-state index contributed by atoms with van der Waals surface area (Å²) in [4.78, 5) is 0. The summed E-state index contributed by atoms with van der Waals surface area (Å²) in [7, 11) is 0. The van der Waals surface area contributed by atoms with E-state index in [4.69, 9.17) is 0 Å². The molecule has 0 aromatic rings. The van der Waals surface area contributed by atoms with Crippen molar-refractivity contribution in [3.8, 4) is 0 Å². The van der Waals surface area contributed by atoms with E-state index < -0.39 is 9.89 Å². The average molecular weight is 576 g/mol. The molecule has 0 unspecified atom stereocenters.